The molecule has 0 bridgehead atoms. The molecule has 4 nitrogen and oxygen atoms in total. The van der Waals surface area contributed by atoms with Gasteiger partial charge in [0.2, 0.25) is 0 Å². The van der Waals surface area contributed by atoms with E-state index in [0.717, 1.165) is 42.5 Å². The molecule has 1 aromatic heterocycles. The van der Waals surface area contributed by atoms with Gasteiger partial charge in [-0.1, -0.05) is 37.3 Å². The molecule has 2 rings (SSSR count). The van der Waals surface area contributed by atoms with Crippen LogP contribution in [0.1, 0.15) is 30.8 Å². The van der Waals surface area contributed by atoms with Crippen molar-refractivity contribution in [3.63, 3.8) is 0 Å². The molecule has 0 spiro atoms. The van der Waals surface area contributed by atoms with Crippen LogP contribution in [0.4, 0.5) is 11.6 Å². The maximum absolute atomic E-state index is 4.70. The maximum Gasteiger partial charge on any atom is 0.137 e. The number of benzene rings is 1. The lowest BCUT2D eigenvalue weighted by Gasteiger charge is -2.22. The predicted molar refractivity (Wildman–Crippen MR) is 88.9 cm³/mol. The van der Waals surface area contributed by atoms with Gasteiger partial charge >= 0.3 is 0 Å². The summed E-state index contributed by atoms with van der Waals surface area (Å²) in [7, 11) is 2.08. The average molecular weight is 284 g/mol. The first-order chi connectivity index (χ1) is 10.2. The van der Waals surface area contributed by atoms with Gasteiger partial charge in [-0.15, -0.1) is 0 Å². The monoisotopic (exact) mass is 284 g/mol. The minimum Gasteiger partial charge on any atom is -0.370 e. The Morgan fingerprint density at radius 3 is 2.43 bits per heavy atom. The molecule has 4 heteroatoms. The van der Waals surface area contributed by atoms with Crippen LogP contribution in [-0.2, 0) is 13.0 Å². The fraction of sp³-hybridized carbons (Fsp3) is 0.412. The number of nitrogens with one attached hydrogen (secondary N) is 1. The quantitative estimate of drug-likeness (QED) is 0.882. The number of hydrogen-bond donors (Lipinski definition) is 1. The van der Waals surface area contributed by atoms with E-state index in [2.05, 4.69) is 67.3 Å². The summed E-state index contributed by atoms with van der Waals surface area (Å²) >= 11 is 0. The summed E-state index contributed by atoms with van der Waals surface area (Å²) < 4.78 is 0. The first kappa shape index (κ1) is 15.3. The molecule has 0 aliphatic rings. The third-order valence-electron chi connectivity index (χ3n) is 3.45. The average Bonchev–Trinajstić information content (AvgIpc) is 2.50. The van der Waals surface area contributed by atoms with Crippen molar-refractivity contribution in [2.24, 2.45) is 0 Å². The van der Waals surface area contributed by atoms with Gasteiger partial charge in [0.15, 0.2) is 0 Å². The summed E-state index contributed by atoms with van der Waals surface area (Å²) in [5.41, 5.74) is 2.38. The molecule has 112 valence electrons. The van der Waals surface area contributed by atoms with Gasteiger partial charge in [-0.2, -0.15) is 0 Å². The number of nitrogens with zero attached hydrogens (tertiary/aromatic N) is 3. The summed E-state index contributed by atoms with van der Waals surface area (Å²) in [6, 6.07) is 10.4. The predicted octanol–water partition coefficient (Wildman–Crippen LogP) is 3.42. The molecule has 21 heavy (non-hydrogen) atoms. The second kappa shape index (κ2) is 7.07. The molecule has 0 radical (unpaired) electrons. The van der Waals surface area contributed by atoms with E-state index in [-0.39, 0.29) is 0 Å². The van der Waals surface area contributed by atoms with Crippen LogP contribution in [0.25, 0.3) is 0 Å². The van der Waals surface area contributed by atoms with Crippen LogP contribution in [0.3, 0.4) is 0 Å². The molecule has 0 saturated carbocycles. The Morgan fingerprint density at radius 1 is 1.10 bits per heavy atom. The Morgan fingerprint density at radius 2 is 1.81 bits per heavy atom. The lowest BCUT2D eigenvalue weighted by Crippen LogP contribution is -2.21. The SMILES string of the molecule is CCNc1nc(CC)nc(N(C)Cc2ccccc2)c1C. The van der Waals surface area contributed by atoms with Gasteiger partial charge in [-0.3, -0.25) is 0 Å². The minimum absolute atomic E-state index is 0.838. The van der Waals surface area contributed by atoms with Crippen LogP contribution in [0.5, 0.6) is 0 Å². The van der Waals surface area contributed by atoms with Gasteiger partial charge in [0.25, 0.3) is 0 Å². The van der Waals surface area contributed by atoms with Gasteiger partial charge < -0.3 is 10.2 Å². The summed E-state index contributed by atoms with van der Waals surface area (Å²) in [5, 5.41) is 3.33. The molecule has 0 atom stereocenters. The standard InChI is InChI=1S/C17H24N4/c1-5-15-19-16(18-6-2)13(3)17(20-15)21(4)12-14-10-8-7-9-11-14/h7-11H,5-6,12H2,1-4H3,(H,18,19,20). The highest BCUT2D eigenvalue weighted by atomic mass is 15.2. The summed E-state index contributed by atoms with van der Waals surface area (Å²) in [4.78, 5) is 11.5. The molecule has 2 aromatic rings. The highest BCUT2D eigenvalue weighted by Crippen LogP contribution is 2.24. The first-order valence-electron chi connectivity index (χ1n) is 7.52. The highest BCUT2D eigenvalue weighted by molar-refractivity contribution is 5.58. The second-order valence-electron chi connectivity index (χ2n) is 5.16. The van der Waals surface area contributed by atoms with Gasteiger partial charge in [0.1, 0.15) is 17.5 Å². The Balaban J connectivity index is 2.30. The largest absolute Gasteiger partial charge is 0.370 e. The normalized spacial score (nSPS) is 10.5. The van der Waals surface area contributed by atoms with Crippen LogP contribution >= 0.6 is 0 Å². The maximum atomic E-state index is 4.70. The molecular weight excluding hydrogens is 260 g/mol. The number of anilines is 2. The van der Waals surface area contributed by atoms with Crippen molar-refractivity contribution in [1.82, 2.24) is 9.97 Å². The number of hydrogen-bond acceptors (Lipinski definition) is 4. The molecule has 0 amide bonds. The van der Waals surface area contributed by atoms with Crippen LogP contribution in [-0.4, -0.2) is 23.6 Å². The van der Waals surface area contributed by atoms with E-state index in [4.69, 9.17) is 4.98 Å². The lowest BCUT2D eigenvalue weighted by molar-refractivity contribution is 0.849. The van der Waals surface area contributed by atoms with E-state index in [9.17, 15) is 0 Å². The van der Waals surface area contributed by atoms with Crippen molar-refractivity contribution >= 4 is 11.6 Å². The Hall–Kier alpha value is -2.10. The van der Waals surface area contributed by atoms with Crippen LogP contribution in [0.15, 0.2) is 30.3 Å². The third-order valence-corrected chi connectivity index (χ3v) is 3.45. The molecule has 1 aromatic carbocycles. The molecule has 0 fully saturated rings. The van der Waals surface area contributed by atoms with Crippen molar-refractivity contribution in [3.05, 3.63) is 47.3 Å². The van der Waals surface area contributed by atoms with Crippen molar-refractivity contribution in [3.8, 4) is 0 Å². The van der Waals surface area contributed by atoms with E-state index in [1.807, 2.05) is 6.07 Å². The third kappa shape index (κ3) is 3.72. The van der Waals surface area contributed by atoms with Crippen molar-refractivity contribution < 1.29 is 0 Å². The Labute approximate surface area is 127 Å². The molecule has 1 N–H and O–H groups in total. The van der Waals surface area contributed by atoms with Crippen molar-refractivity contribution in [2.45, 2.75) is 33.7 Å². The molecule has 0 unspecified atom stereocenters. The first-order valence-corrected chi connectivity index (χ1v) is 7.52. The van der Waals surface area contributed by atoms with E-state index in [1.165, 1.54) is 5.56 Å². The number of aryl methyl sites for hydroxylation is 1. The Kier molecular flexibility index (Phi) is 5.14. The van der Waals surface area contributed by atoms with Gasteiger partial charge in [-0.25, -0.2) is 9.97 Å². The number of aromatic nitrogens is 2. The molecule has 1 heterocycles. The van der Waals surface area contributed by atoms with Crippen LogP contribution in [0, 0.1) is 6.92 Å². The molecule has 0 aliphatic heterocycles. The second-order valence-corrected chi connectivity index (χ2v) is 5.16. The van der Waals surface area contributed by atoms with E-state index < -0.39 is 0 Å². The van der Waals surface area contributed by atoms with Crippen LogP contribution < -0.4 is 10.2 Å². The summed E-state index contributed by atoms with van der Waals surface area (Å²) in [6.45, 7) is 7.95. The molecule has 0 aliphatic carbocycles. The van der Waals surface area contributed by atoms with E-state index in [1.54, 1.807) is 0 Å². The van der Waals surface area contributed by atoms with Gasteiger partial charge in [-0.05, 0) is 19.4 Å². The smallest absolute Gasteiger partial charge is 0.137 e. The molecular formula is C17H24N4. The van der Waals surface area contributed by atoms with Crippen LogP contribution in [0.2, 0.25) is 0 Å². The molecule has 0 saturated heterocycles. The van der Waals surface area contributed by atoms with Gasteiger partial charge in [0.05, 0.1) is 0 Å². The van der Waals surface area contributed by atoms with E-state index >= 15 is 0 Å². The fourth-order valence-corrected chi connectivity index (χ4v) is 2.35. The summed E-state index contributed by atoms with van der Waals surface area (Å²) in [5.74, 6) is 2.83. The van der Waals surface area contributed by atoms with Gasteiger partial charge in [0, 0.05) is 32.1 Å². The zero-order valence-corrected chi connectivity index (χ0v) is 13.3. The zero-order chi connectivity index (χ0) is 15.2. The van der Waals surface area contributed by atoms with E-state index in [0.29, 0.717) is 0 Å². The topological polar surface area (TPSA) is 41.1 Å². The Bertz CT molecular complexity index is 581. The minimum atomic E-state index is 0.838. The zero-order valence-electron chi connectivity index (χ0n) is 13.3. The highest BCUT2D eigenvalue weighted by Gasteiger charge is 2.13. The van der Waals surface area contributed by atoms with Crippen molar-refractivity contribution in [2.75, 3.05) is 23.8 Å². The number of rotatable bonds is 6. The summed E-state index contributed by atoms with van der Waals surface area (Å²) in [6.07, 6.45) is 0.838. The lowest BCUT2D eigenvalue weighted by atomic mass is 10.2. The van der Waals surface area contributed by atoms with Crippen molar-refractivity contribution in [1.29, 1.82) is 0 Å². The fourth-order valence-electron chi connectivity index (χ4n) is 2.35.